The molecular formula is C17H16FNO4. The highest BCUT2D eigenvalue weighted by atomic mass is 19.1. The molecule has 2 aromatic rings. The van der Waals surface area contributed by atoms with Gasteiger partial charge in [0.2, 0.25) is 0 Å². The van der Waals surface area contributed by atoms with E-state index in [0.717, 1.165) is 5.56 Å². The molecule has 0 aromatic heterocycles. The molecule has 0 unspecified atom stereocenters. The van der Waals surface area contributed by atoms with E-state index >= 15 is 0 Å². The van der Waals surface area contributed by atoms with Gasteiger partial charge in [-0.15, -0.1) is 0 Å². The van der Waals surface area contributed by atoms with E-state index in [9.17, 15) is 14.0 Å². The van der Waals surface area contributed by atoms with Crippen LogP contribution in [-0.2, 0) is 14.3 Å². The number of ether oxygens (including phenoxy) is 2. The van der Waals surface area contributed by atoms with Crippen molar-refractivity contribution >= 4 is 17.6 Å². The molecular weight excluding hydrogens is 301 g/mol. The summed E-state index contributed by atoms with van der Waals surface area (Å²) in [5.74, 6) is -1.18. The second-order valence-corrected chi connectivity index (χ2v) is 4.82. The number of amides is 1. The maximum atomic E-state index is 12.7. The molecule has 0 saturated heterocycles. The summed E-state index contributed by atoms with van der Waals surface area (Å²) in [6.45, 7) is 1.18. The lowest BCUT2D eigenvalue weighted by Gasteiger charge is -2.08. The second kappa shape index (κ2) is 7.93. The molecule has 0 bridgehead atoms. The molecule has 0 aliphatic carbocycles. The molecule has 2 aromatic carbocycles. The molecule has 0 saturated carbocycles. The fourth-order valence-electron chi connectivity index (χ4n) is 1.69. The maximum absolute atomic E-state index is 12.7. The van der Waals surface area contributed by atoms with E-state index in [2.05, 4.69) is 5.32 Å². The number of benzene rings is 2. The lowest BCUT2D eigenvalue weighted by molar-refractivity contribution is -0.149. The van der Waals surface area contributed by atoms with Crippen LogP contribution in [0.2, 0.25) is 0 Å². The number of anilines is 1. The predicted octanol–water partition coefficient (Wildman–Crippen LogP) is 2.69. The minimum atomic E-state index is -0.687. The number of carbonyl (C=O) groups is 2. The van der Waals surface area contributed by atoms with Gasteiger partial charge in [-0.1, -0.05) is 17.7 Å². The summed E-state index contributed by atoms with van der Waals surface area (Å²) in [7, 11) is 0. The van der Waals surface area contributed by atoms with Crippen molar-refractivity contribution in [3.8, 4) is 5.75 Å². The van der Waals surface area contributed by atoms with Crippen LogP contribution in [0.3, 0.4) is 0 Å². The summed E-state index contributed by atoms with van der Waals surface area (Å²) >= 11 is 0. The minimum absolute atomic E-state index is 0.340. The number of carbonyl (C=O) groups excluding carboxylic acids is 2. The van der Waals surface area contributed by atoms with E-state index in [0.29, 0.717) is 11.4 Å². The van der Waals surface area contributed by atoms with Gasteiger partial charge in [-0.25, -0.2) is 9.18 Å². The maximum Gasteiger partial charge on any atom is 0.344 e. The Hall–Kier alpha value is -2.89. The number of nitrogens with one attached hydrogen (secondary N) is 1. The van der Waals surface area contributed by atoms with Crippen LogP contribution in [0.1, 0.15) is 5.56 Å². The Labute approximate surface area is 133 Å². The summed E-state index contributed by atoms with van der Waals surface area (Å²) in [6.07, 6.45) is 0. The third-order valence-electron chi connectivity index (χ3n) is 2.87. The van der Waals surface area contributed by atoms with Gasteiger partial charge >= 0.3 is 5.97 Å². The van der Waals surface area contributed by atoms with E-state index in [1.54, 1.807) is 12.1 Å². The third kappa shape index (κ3) is 5.78. The lowest BCUT2D eigenvalue weighted by atomic mass is 10.2. The molecule has 0 fully saturated rings. The molecule has 1 N–H and O–H groups in total. The van der Waals surface area contributed by atoms with Gasteiger partial charge in [0.15, 0.2) is 13.2 Å². The number of halogens is 1. The molecule has 23 heavy (non-hydrogen) atoms. The van der Waals surface area contributed by atoms with Gasteiger partial charge in [0.05, 0.1) is 0 Å². The zero-order chi connectivity index (χ0) is 16.7. The Balaban J connectivity index is 1.70. The molecule has 1 amide bonds. The molecule has 6 heteroatoms. The van der Waals surface area contributed by atoms with E-state index in [1.807, 2.05) is 19.1 Å². The van der Waals surface area contributed by atoms with Crippen LogP contribution in [0.25, 0.3) is 0 Å². The number of aryl methyl sites for hydroxylation is 1. The first kappa shape index (κ1) is 16.5. The molecule has 0 aliphatic heterocycles. The Bertz CT molecular complexity index is 668. The average molecular weight is 317 g/mol. The van der Waals surface area contributed by atoms with Crippen LogP contribution < -0.4 is 10.1 Å². The van der Waals surface area contributed by atoms with Gasteiger partial charge in [-0.05, 0) is 43.3 Å². The summed E-state index contributed by atoms with van der Waals surface area (Å²) in [5.41, 5.74) is 1.70. The predicted molar refractivity (Wildman–Crippen MR) is 82.7 cm³/mol. The highest BCUT2D eigenvalue weighted by Gasteiger charge is 2.09. The smallest absolute Gasteiger partial charge is 0.344 e. The summed E-state index contributed by atoms with van der Waals surface area (Å²) in [5, 5.41) is 2.61. The summed E-state index contributed by atoms with van der Waals surface area (Å²) < 4.78 is 22.6. The molecule has 0 aliphatic rings. The molecule has 120 valence electrons. The van der Waals surface area contributed by atoms with Crippen LogP contribution in [0.4, 0.5) is 10.1 Å². The Morgan fingerprint density at radius 1 is 1.00 bits per heavy atom. The van der Waals surface area contributed by atoms with Crippen molar-refractivity contribution in [1.29, 1.82) is 0 Å². The number of hydrogen-bond donors (Lipinski definition) is 1. The Morgan fingerprint density at radius 3 is 2.30 bits per heavy atom. The zero-order valence-electron chi connectivity index (χ0n) is 12.5. The monoisotopic (exact) mass is 317 g/mol. The van der Waals surface area contributed by atoms with E-state index in [1.165, 1.54) is 24.3 Å². The van der Waals surface area contributed by atoms with Crippen molar-refractivity contribution in [2.75, 3.05) is 18.5 Å². The van der Waals surface area contributed by atoms with Crippen LogP contribution in [0, 0.1) is 12.7 Å². The molecule has 0 spiro atoms. The first-order valence-electron chi connectivity index (χ1n) is 6.93. The van der Waals surface area contributed by atoms with E-state index < -0.39 is 24.3 Å². The molecule has 5 nitrogen and oxygen atoms in total. The van der Waals surface area contributed by atoms with Crippen LogP contribution in [-0.4, -0.2) is 25.1 Å². The van der Waals surface area contributed by atoms with Crippen molar-refractivity contribution in [2.24, 2.45) is 0 Å². The van der Waals surface area contributed by atoms with Gasteiger partial charge in [0.25, 0.3) is 5.91 Å². The lowest BCUT2D eigenvalue weighted by Crippen LogP contribution is -2.23. The first-order chi connectivity index (χ1) is 11.0. The van der Waals surface area contributed by atoms with Gasteiger partial charge in [-0.2, -0.15) is 0 Å². The van der Waals surface area contributed by atoms with Gasteiger partial charge in [0, 0.05) is 5.69 Å². The second-order valence-electron chi connectivity index (χ2n) is 4.82. The third-order valence-corrected chi connectivity index (χ3v) is 2.87. The average Bonchev–Trinajstić information content (AvgIpc) is 2.54. The van der Waals surface area contributed by atoms with Crippen LogP contribution in [0.5, 0.6) is 5.75 Å². The fraction of sp³-hybridized carbons (Fsp3) is 0.176. The summed E-state index contributed by atoms with van der Waals surface area (Å²) in [6, 6.07) is 12.5. The zero-order valence-corrected chi connectivity index (χ0v) is 12.5. The molecule has 0 radical (unpaired) electrons. The van der Waals surface area contributed by atoms with Gasteiger partial charge < -0.3 is 14.8 Å². The highest BCUT2D eigenvalue weighted by Crippen LogP contribution is 2.11. The standard InChI is InChI=1S/C17H16FNO4/c1-12-2-6-14(7-3-12)19-16(20)10-23-17(21)11-22-15-8-4-13(18)5-9-15/h2-9H,10-11H2,1H3,(H,19,20). The first-order valence-corrected chi connectivity index (χ1v) is 6.93. The number of hydrogen-bond acceptors (Lipinski definition) is 4. The van der Waals surface area contributed by atoms with Crippen molar-refractivity contribution in [1.82, 2.24) is 0 Å². The topological polar surface area (TPSA) is 64.6 Å². The van der Waals surface area contributed by atoms with Crippen molar-refractivity contribution < 1.29 is 23.5 Å². The molecule has 2 rings (SSSR count). The quantitative estimate of drug-likeness (QED) is 0.832. The van der Waals surface area contributed by atoms with Crippen molar-refractivity contribution in [3.05, 3.63) is 59.9 Å². The van der Waals surface area contributed by atoms with Crippen molar-refractivity contribution in [3.63, 3.8) is 0 Å². The fourth-order valence-corrected chi connectivity index (χ4v) is 1.69. The molecule has 0 heterocycles. The SMILES string of the molecule is Cc1ccc(NC(=O)COC(=O)COc2ccc(F)cc2)cc1. The van der Waals surface area contributed by atoms with E-state index in [4.69, 9.17) is 9.47 Å². The van der Waals surface area contributed by atoms with Crippen molar-refractivity contribution in [2.45, 2.75) is 6.92 Å². The largest absolute Gasteiger partial charge is 0.482 e. The minimum Gasteiger partial charge on any atom is -0.482 e. The molecule has 0 atom stereocenters. The van der Waals surface area contributed by atoms with E-state index in [-0.39, 0.29) is 6.61 Å². The van der Waals surface area contributed by atoms with Crippen LogP contribution >= 0.6 is 0 Å². The highest BCUT2D eigenvalue weighted by molar-refractivity contribution is 5.92. The summed E-state index contributed by atoms with van der Waals surface area (Å²) in [4.78, 5) is 23.1. The van der Waals surface area contributed by atoms with Crippen LogP contribution in [0.15, 0.2) is 48.5 Å². The number of rotatable bonds is 6. The Morgan fingerprint density at radius 2 is 1.65 bits per heavy atom. The normalized spacial score (nSPS) is 10.0. The Kier molecular flexibility index (Phi) is 5.68. The van der Waals surface area contributed by atoms with Gasteiger partial charge in [-0.3, -0.25) is 4.79 Å². The van der Waals surface area contributed by atoms with Gasteiger partial charge in [0.1, 0.15) is 11.6 Å². The number of esters is 1.